The molecule has 1 spiro atoms. The molecule has 216 valence electrons. The fourth-order valence-corrected chi connectivity index (χ4v) is 7.10. The monoisotopic (exact) mass is 589 g/mol. The molecule has 8 heteroatoms. The molecule has 0 unspecified atom stereocenters. The molecule has 0 saturated carbocycles. The number of benzene rings is 2. The number of piperidine rings is 1. The minimum Gasteiger partial charge on any atom is -0.506 e. The smallest absolute Gasteiger partial charge is 0.206 e. The SMILES string of the molecule is C=C(/C=C\C=C/CNc1nnc(-c2cccc(C)c2)s1)N1CC2(CCN(CC(C)(C)C)CC2)c2c(Cl)ccc(O)c21. The van der Waals surface area contributed by atoms with Crippen molar-refractivity contribution in [3.8, 4) is 16.3 Å². The summed E-state index contributed by atoms with van der Waals surface area (Å²) in [6.07, 6.45) is 10.0. The molecule has 3 aromatic rings. The molecule has 41 heavy (non-hydrogen) atoms. The maximum Gasteiger partial charge on any atom is 0.206 e. The molecule has 2 aliphatic heterocycles. The van der Waals surface area contributed by atoms with E-state index in [2.05, 4.69) is 77.8 Å². The Morgan fingerprint density at radius 2 is 1.95 bits per heavy atom. The summed E-state index contributed by atoms with van der Waals surface area (Å²) < 4.78 is 0. The Bertz CT molecular complexity index is 1460. The van der Waals surface area contributed by atoms with Crippen molar-refractivity contribution in [3.63, 3.8) is 0 Å². The highest BCUT2D eigenvalue weighted by atomic mass is 35.5. The van der Waals surface area contributed by atoms with Crippen LogP contribution in [0.3, 0.4) is 0 Å². The highest BCUT2D eigenvalue weighted by Crippen LogP contribution is 2.54. The van der Waals surface area contributed by atoms with E-state index in [4.69, 9.17) is 11.6 Å². The molecule has 1 fully saturated rings. The van der Waals surface area contributed by atoms with Crippen molar-refractivity contribution in [2.75, 3.05) is 42.9 Å². The van der Waals surface area contributed by atoms with Crippen molar-refractivity contribution >= 4 is 33.8 Å². The van der Waals surface area contributed by atoms with Gasteiger partial charge >= 0.3 is 0 Å². The Balaban J connectivity index is 1.21. The third-order valence-electron chi connectivity index (χ3n) is 7.82. The van der Waals surface area contributed by atoms with E-state index in [0.29, 0.717) is 6.54 Å². The number of nitrogens with one attached hydrogen (secondary N) is 1. The van der Waals surface area contributed by atoms with Crippen LogP contribution in [0.5, 0.6) is 5.75 Å². The van der Waals surface area contributed by atoms with Crippen LogP contribution < -0.4 is 10.2 Å². The van der Waals surface area contributed by atoms with Crippen LogP contribution in [0.4, 0.5) is 10.8 Å². The highest BCUT2D eigenvalue weighted by Gasteiger charge is 2.47. The second-order valence-corrected chi connectivity index (χ2v) is 13.8. The number of aromatic nitrogens is 2. The van der Waals surface area contributed by atoms with E-state index < -0.39 is 0 Å². The van der Waals surface area contributed by atoms with Gasteiger partial charge in [0.25, 0.3) is 0 Å². The van der Waals surface area contributed by atoms with Gasteiger partial charge in [-0.3, -0.25) is 0 Å². The maximum atomic E-state index is 10.9. The molecule has 2 aliphatic rings. The van der Waals surface area contributed by atoms with Gasteiger partial charge < -0.3 is 20.2 Å². The first-order valence-electron chi connectivity index (χ1n) is 14.2. The summed E-state index contributed by atoms with van der Waals surface area (Å²) >= 11 is 8.35. The predicted molar refractivity (Wildman–Crippen MR) is 173 cm³/mol. The number of allylic oxidation sites excluding steroid dienone is 3. The van der Waals surface area contributed by atoms with Gasteiger partial charge in [-0.2, -0.15) is 0 Å². The molecule has 1 saturated heterocycles. The Labute approximate surface area is 253 Å². The number of rotatable bonds is 8. The number of hydrogen-bond acceptors (Lipinski definition) is 7. The first kappa shape index (κ1) is 29.4. The van der Waals surface area contributed by atoms with Gasteiger partial charge in [0.1, 0.15) is 10.8 Å². The molecule has 0 bridgehead atoms. The number of likely N-dealkylation sites (tertiary alicyclic amines) is 1. The van der Waals surface area contributed by atoms with Crippen molar-refractivity contribution in [2.24, 2.45) is 5.41 Å². The number of fused-ring (bicyclic) bond motifs is 2. The molecule has 1 aromatic heterocycles. The number of halogens is 1. The van der Waals surface area contributed by atoms with Crippen LogP contribution >= 0.6 is 22.9 Å². The van der Waals surface area contributed by atoms with Crippen LogP contribution in [-0.2, 0) is 5.41 Å². The van der Waals surface area contributed by atoms with Gasteiger partial charge in [0, 0.05) is 46.9 Å². The molecule has 0 aliphatic carbocycles. The van der Waals surface area contributed by atoms with E-state index in [1.54, 1.807) is 17.4 Å². The lowest BCUT2D eigenvalue weighted by Gasteiger charge is -2.42. The van der Waals surface area contributed by atoms with Crippen LogP contribution in [0.25, 0.3) is 10.6 Å². The summed E-state index contributed by atoms with van der Waals surface area (Å²) in [6, 6.07) is 11.8. The molecular formula is C33H40ClN5OS. The maximum absolute atomic E-state index is 10.9. The fraction of sp³-hybridized carbons (Fsp3) is 0.394. The summed E-state index contributed by atoms with van der Waals surface area (Å²) in [5, 5.41) is 25.3. The lowest BCUT2D eigenvalue weighted by atomic mass is 9.74. The third kappa shape index (κ3) is 6.69. The summed E-state index contributed by atoms with van der Waals surface area (Å²) in [5.74, 6) is 0.259. The second-order valence-electron chi connectivity index (χ2n) is 12.4. The Kier molecular flexibility index (Phi) is 8.60. The quantitative estimate of drug-likeness (QED) is 0.261. The molecule has 0 radical (unpaired) electrons. The number of phenols is 1. The van der Waals surface area contributed by atoms with Crippen molar-refractivity contribution < 1.29 is 5.11 Å². The zero-order valence-corrected chi connectivity index (χ0v) is 26.0. The van der Waals surface area contributed by atoms with E-state index in [1.807, 2.05) is 36.4 Å². The van der Waals surface area contributed by atoms with Crippen LogP contribution in [0.2, 0.25) is 5.02 Å². The first-order chi connectivity index (χ1) is 19.5. The van der Waals surface area contributed by atoms with Crippen LogP contribution in [-0.4, -0.2) is 52.9 Å². The summed E-state index contributed by atoms with van der Waals surface area (Å²) in [7, 11) is 0. The van der Waals surface area contributed by atoms with Gasteiger partial charge in [0.15, 0.2) is 0 Å². The largest absolute Gasteiger partial charge is 0.506 e. The molecule has 5 rings (SSSR count). The van der Waals surface area contributed by atoms with Crippen molar-refractivity contribution in [3.05, 3.63) is 89.1 Å². The number of aryl methyl sites for hydroxylation is 1. The van der Waals surface area contributed by atoms with Gasteiger partial charge in [-0.15, -0.1) is 10.2 Å². The summed E-state index contributed by atoms with van der Waals surface area (Å²) in [5.41, 5.74) is 5.19. The van der Waals surface area contributed by atoms with Crippen LogP contribution in [0.1, 0.15) is 44.7 Å². The molecule has 3 heterocycles. The summed E-state index contributed by atoms with van der Waals surface area (Å²) in [4.78, 5) is 4.70. The normalized spacial score (nSPS) is 17.1. The Morgan fingerprint density at radius 1 is 1.17 bits per heavy atom. The van der Waals surface area contributed by atoms with E-state index in [-0.39, 0.29) is 16.6 Å². The standard InChI is InChI=1S/C33H40ClN5OS/c1-23-10-9-12-25(20-23)30-36-37-31(41-30)35-17-8-6-7-11-24(2)39-22-33(28-26(34)13-14-27(40)29(28)39)15-18-38(19-16-33)21-32(3,4)5/h6-14,20,40H,2,15-19,21-22H2,1,3-5H3,(H,35,37)/b8-6-,11-7-. The lowest BCUT2D eigenvalue weighted by molar-refractivity contribution is 0.125. The van der Waals surface area contributed by atoms with Gasteiger partial charge in [0.2, 0.25) is 5.13 Å². The lowest BCUT2D eigenvalue weighted by Crippen LogP contribution is -2.47. The summed E-state index contributed by atoms with van der Waals surface area (Å²) in [6.45, 7) is 17.8. The molecule has 2 aromatic carbocycles. The Hall–Kier alpha value is -3.13. The third-order valence-corrected chi connectivity index (χ3v) is 9.07. The Morgan fingerprint density at radius 3 is 2.68 bits per heavy atom. The predicted octanol–water partition coefficient (Wildman–Crippen LogP) is 7.81. The van der Waals surface area contributed by atoms with Crippen molar-refractivity contribution in [2.45, 2.75) is 46.0 Å². The number of aromatic hydroxyl groups is 1. The number of anilines is 2. The van der Waals surface area contributed by atoms with Gasteiger partial charge in [-0.25, -0.2) is 0 Å². The number of hydrogen-bond donors (Lipinski definition) is 2. The van der Waals surface area contributed by atoms with Gasteiger partial charge in [0.05, 0.1) is 5.69 Å². The van der Waals surface area contributed by atoms with E-state index in [0.717, 1.165) is 76.7 Å². The molecule has 6 nitrogen and oxygen atoms in total. The minimum atomic E-state index is -0.0882. The second kappa shape index (κ2) is 12.0. The minimum absolute atomic E-state index is 0.0882. The zero-order chi connectivity index (χ0) is 29.2. The van der Waals surface area contributed by atoms with Gasteiger partial charge in [-0.05, 0) is 62.5 Å². The topological polar surface area (TPSA) is 64.5 Å². The van der Waals surface area contributed by atoms with Crippen LogP contribution in [0.15, 0.2) is 73.0 Å². The average molecular weight is 590 g/mol. The van der Waals surface area contributed by atoms with E-state index >= 15 is 0 Å². The van der Waals surface area contributed by atoms with E-state index in [1.165, 1.54) is 5.56 Å². The molecule has 0 amide bonds. The number of phenolic OH excluding ortho intramolecular Hbond substituents is 1. The van der Waals surface area contributed by atoms with Gasteiger partial charge in [-0.1, -0.05) is 92.3 Å². The molecular weight excluding hydrogens is 550 g/mol. The van der Waals surface area contributed by atoms with E-state index in [9.17, 15) is 5.11 Å². The van der Waals surface area contributed by atoms with Crippen molar-refractivity contribution in [1.82, 2.24) is 15.1 Å². The fourth-order valence-electron chi connectivity index (χ4n) is 6.00. The van der Waals surface area contributed by atoms with Crippen molar-refractivity contribution in [1.29, 1.82) is 0 Å². The first-order valence-corrected chi connectivity index (χ1v) is 15.4. The highest BCUT2D eigenvalue weighted by molar-refractivity contribution is 7.18. The van der Waals surface area contributed by atoms with Crippen LogP contribution in [0, 0.1) is 12.3 Å². The molecule has 0 atom stereocenters. The zero-order valence-electron chi connectivity index (χ0n) is 24.5. The average Bonchev–Trinajstić information content (AvgIpc) is 3.53. The molecule has 2 N–H and O–H groups in total. The number of nitrogens with zero attached hydrogens (tertiary/aromatic N) is 4.